The first kappa shape index (κ1) is 10.6. The lowest BCUT2D eigenvalue weighted by molar-refractivity contribution is 0.620. The van der Waals surface area contributed by atoms with Crippen LogP contribution in [0.5, 0.6) is 0 Å². The van der Waals surface area contributed by atoms with Crippen LogP contribution in [0.4, 0.5) is 0 Å². The van der Waals surface area contributed by atoms with E-state index in [9.17, 15) is 0 Å². The number of imidazole rings is 1. The molecule has 1 rings (SSSR count). The first-order valence-electron chi connectivity index (χ1n) is 4.94. The minimum atomic E-state index is 0.758. The summed E-state index contributed by atoms with van der Waals surface area (Å²) in [5.74, 6) is 1.96. The Balaban J connectivity index is 2.40. The molecule has 0 fully saturated rings. The highest BCUT2D eigenvalue weighted by Gasteiger charge is 2.00. The number of nitrogens with zero attached hydrogens (tertiary/aromatic N) is 2. The molecule has 0 atom stereocenters. The molecule has 1 aromatic rings. The number of rotatable bonds is 6. The fourth-order valence-corrected chi connectivity index (χ4v) is 1.58. The van der Waals surface area contributed by atoms with Gasteiger partial charge in [-0.15, -0.1) is 11.6 Å². The van der Waals surface area contributed by atoms with Crippen molar-refractivity contribution in [2.45, 2.75) is 39.2 Å². The summed E-state index contributed by atoms with van der Waals surface area (Å²) in [5.41, 5.74) is 0. The van der Waals surface area contributed by atoms with Crippen LogP contribution in [0.15, 0.2) is 12.4 Å². The molecular formula is C10H17ClN2. The summed E-state index contributed by atoms with van der Waals surface area (Å²) in [6.45, 7) is 3.26. The molecule has 0 aliphatic rings. The van der Waals surface area contributed by atoms with Crippen LogP contribution in [0.1, 0.15) is 32.0 Å². The zero-order chi connectivity index (χ0) is 9.52. The van der Waals surface area contributed by atoms with Gasteiger partial charge in [0.05, 0.1) is 0 Å². The standard InChI is InChI=1S/C10H17ClN2/c1-2-8-13-9-7-12-10(13)5-3-4-6-11/h7,9H,2-6,8H2,1H3. The molecule has 0 amide bonds. The lowest BCUT2D eigenvalue weighted by Crippen LogP contribution is -2.02. The third-order valence-corrected chi connectivity index (χ3v) is 2.32. The Labute approximate surface area is 84.9 Å². The Kier molecular flexibility index (Phi) is 4.91. The van der Waals surface area contributed by atoms with Gasteiger partial charge in [0.2, 0.25) is 0 Å². The van der Waals surface area contributed by atoms with Crippen LogP contribution in [0.25, 0.3) is 0 Å². The summed E-state index contributed by atoms with van der Waals surface area (Å²) in [5, 5.41) is 0. The SMILES string of the molecule is CCCn1ccnc1CCCCCl. The van der Waals surface area contributed by atoms with E-state index < -0.39 is 0 Å². The van der Waals surface area contributed by atoms with E-state index in [1.807, 2.05) is 6.20 Å². The highest BCUT2D eigenvalue weighted by atomic mass is 35.5. The maximum absolute atomic E-state index is 5.62. The predicted octanol–water partition coefficient (Wildman–Crippen LogP) is 2.85. The fourth-order valence-electron chi connectivity index (χ4n) is 1.39. The van der Waals surface area contributed by atoms with E-state index in [4.69, 9.17) is 11.6 Å². The molecule has 0 saturated carbocycles. The topological polar surface area (TPSA) is 17.8 Å². The lowest BCUT2D eigenvalue weighted by atomic mass is 10.2. The summed E-state index contributed by atoms with van der Waals surface area (Å²) in [4.78, 5) is 4.33. The third kappa shape index (κ3) is 3.39. The summed E-state index contributed by atoms with van der Waals surface area (Å²) in [7, 11) is 0. The van der Waals surface area contributed by atoms with Crippen molar-refractivity contribution in [2.24, 2.45) is 0 Å². The van der Waals surface area contributed by atoms with E-state index in [0.29, 0.717) is 0 Å². The van der Waals surface area contributed by atoms with Crippen molar-refractivity contribution in [1.82, 2.24) is 9.55 Å². The van der Waals surface area contributed by atoms with Crippen LogP contribution >= 0.6 is 11.6 Å². The van der Waals surface area contributed by atoms with Crippen molar-refractivity contribution in [2.75, 3.05) is 5.88 Å². The van der Waals surface area contributed by atoms with Gasteiger partial charge in [-0.1, -0.05) is 6.92 Å². The molecule has 0 aliphatic heterocycles. The molecule has 74 valence electrons. The highest BCUT2D eigenvalue weighted by Crippen LogP contribution is 2.04. The Morgan fingerprint density at radius 2 is 2.31 bits per heavy atom. The zero-order valence-electron chi connectivity index (χ0n) is 8.17. The Morgan fingerprint density at radius 3 is 3.00 bits per heavy atom. The minimum absolute atomic E-state index is 0.758. The molecule has 0 aromatic carbocycles. The number of hydrogen-bond donors (Lipinski definition) is 0. The molecule has 0 saturated heterocycles. The van der Waals surface area contributed by atoms with Crippen molar-refractivity contribution >= 4 is 11.6 Å². The van der Waals surface area contributed by atoms with Gasteiger partial charge >= 0.3 is 0 Å². The Bertz CT molecular complexity index is 233. The monoisotopic (exact) mass is 200 g/mol. The number of alkyl halides is 1. The van der Waals surface area contributed by atoms with Crippen LogP contribution in [-0.2, 0) is 13.0 Å². The smallest absolute Gasteiger partial charge is 0.108 e. The Hall–Kier alpha value is -0.500. The maximum Gasteiger partial charge on any atom is 0.108 e. The fraction of sp³-hybridized carbons (Fsp3) is 0.700. The zero-order valence-corrected chi connectivity index (χ0v) is 8.93. The molecule has 0 bridgehead atoms. The van der Waals surface area contributed by atoms with Crippen molar-refractivity contribution < 1.29 is 0 Å². The van der Waals surface area contributed by atoms with Crippen molar-refractivity contribution in [1.29, 1.82) is 0 Å². The second-order valence-electron chi connectivity index (χ2n) is 3.18. The minimum Gasteiger partial charge on any atom is -0.335 e. The Morgan fingerprint density at radius 1 is 1.46 bits per heavy atom. The largest absolute Gasteiger partial charge is 0.335 e. The summed E-state index contributed by atoms with van der Waals surface area (Å²) in [6, 6.07) is 0. The van der Waals surface area contributed by atoms with Crippen LogP contribution < -0.4 is 0 Å². The van der Waals surface area contributed by atoms with E-state index in [1.54, 1.807) is 0 Å². The molecule has 13 heavy (non-hydrogen) atoms. The van der Waals surface area contributed by atoms with Gasteiger partial charge in [-0.25, -0.2) is 4.98 Å². The number of unbranched alkanes of at least 4 members (excludes halogenated alkanes) is 1. The summed E-state index contributed by atoms with van der Waals surface area (Å²) in [6.07, 6.45) is 8.38. The van der Waals surface area contributed by atoms with E-state index in [0.717, 1.165) is 31.7 Å². The van der Waals surface area contributed by atoms with E-state index in [1.165, 1.54) is 12.2 Å². The number of aryl methyl sites for hydroxylation is 2. The molecule has 0 aliphatic carbocycles. The predicted molar refractivity (Wildman–Crippen MR) is 56.2 cm³/mol. The highest BCUT2D eigenvalue weighted by molar-refractivity contribution is 6.17. The molecule has 0 N–H and O–H groups in total. The molecule has 1 heterocycles. The number of aromatic nitrogens is 2. The van der Waals surface area contributed by atoms with Gasteiger partial charge in [-0.05, 0) is 19.3 Å². The van der Waals surface area contributed by atoms with Crippen LogP contribution in [0.2, 0.25) is 0 Å². The number of hydrogen-bond acceptors (Lipinski definition) is 1. The quantitative estimate of drug-likeness (QED) is 0.510. The molecule has 2 nitrogen and oxygen atoms in total. The van der Waals surface area contributed by atoms with Gasteiger partial charge in [-0.3, -0.25) is 0 Å². The molecular weight excluding hydrogens is 184 g/mol. The van der Waals surface area contributed by atoms with Crippen molar-refractivity contribution in [3.8, 4) is 0 Å². The first-order chi connectivity index (χ1) is 6.38. The number of halogens is 1. The summed E-state index contributed by atoms with van der Waals surface area (Å²) >= 11 is 5.62. The summed E-state index contributed by atoms with van der Waals surface area (Å²) < 4.78 is 2.23. The van der Waals surface area contributed by atoms with Gasteiger partial charge in [-0.2, -0.15) is 0 Å². The van der Waals surface area contributed by atoms with Gasteiger partial charge in [0.25, 0.3) is 0 Å². The van der Waals surface area contributed by atoms with E-state index in [2.05, 4.69) is 22.7 Å². The molecule has 0 spiro atoms. The van der Waals surface area contributed by atoms with Crippen LogP contribution in [0.3, 0.4) is 0 Å². The van der Waals surface area contributed by atoms with E-state index >= 15 is 0 Å². The third-order valence-electron chi connectivity index (χ3n) is 2.05. The van der Waals surface area contributed by atoms with Crippen molar-refractivity contribution in [3.63, 3.8) is 0 Å². The molecule has 1 aromatic heterocycles. The average Bonchev–Trinajstić information content (AvgIpc) is 2.54. The average molecular weight is 201 g/mol. The van der Waals surface area contributed by atoms with Crippen LogP contribution in [-0.4, -0.2) is 15.4 Å². The van der Waals surface area contributed by atoms with Gasteiger partial charge < -0.3 is 4.57 Å². The first-order valence-corrected chi connectivity index (χ1v) is 5.48. The second-order valence-corrected chi connectivity index (χ2v) is 3.56. The van der Waals surface area contributed by atoms with Crippen molar-refractivity contribution in [3.05, 3.63) is 18.2 Å². The lowest BCUT2D eigenvalue weighted by Gasteiger charge is -2.04. The molecule has 3 heteroatoms. The van der Waals surface area contributed by atoms with Gasteiger partial charge in [0.1, 0.15) is 5.82 Å². The van der Waals surface area contributed by atoms with Crippen LogP contribution in [0, 0.1) is 0 Å². The van der Waals surface area contributed by atoms with Gasteiger partial charge in [0, 0.05) is 31.2 Å². The van der Waals surface area contributed by atoms with Gasteiger partial charge in [0.15, 0.2) is 0 Å². The maximum atomic E-state index is 5.62. The second kappa shape index (κ2) is 6.03. The molecule has 0 radical (unpaired) electrons. The van der Waals surface area contributed by atoms with E-state index in [-0.39, 0.29) is 0 Å². The molecule has 0 unspecified atom stereocenters. The normalized spacial score (nSPS) is 10.6.